The van der Waals surface area contributed by atoms with Gasteiger partial charge >= 0.3 is 0 Å². The lowest BCUT2D eigenvalue weighted by molar-refractivity contribution is 0.394. The van der Waals surface area contributed by atoms with E-state index in [1.54, 1.807) is 0 Å². The Morgan fingerprint density at radius 1 is 1.00 bits per heavy atom. The van der Waals surface area contributed by atoms with Crippen LogP contribution >= 0.6 is 0 Å². The van der Waals surface area contributed by atoms with Crippen molar-refractivity contribution >= 4 is 11.0 Å². The number of nitrogens with zero attached hydrogens (tertiary/aromatic N) is 2. The fourth-order valence-electron chi connectivity index (χ4n) is 2.68. The summed E-state index contributed by atoms with van der Waals surface area (Å²) in [4.78, 5) is 4.80. The zero-order valence-electron chi connectivity index (χ0n) is 13.3. The molecule has 2 aromatic carbocycles. The number of hydrogen-bond donors (Lipinski definition) is 0. The molecule has 0 radical (unpaired) electrons. The first-order chi connectivity index (χ1) is 10.4. The molecule has 114 valence electrons. The van der Waals surface area contributed by atoms with Gasteiger partial charge in [0.1, 0.15) is 11.6 Å². The minimum atomic E-state index is -0.200. The Hall–Kier alpha value is -2.16. The summed E-state index contributed by atoms with van der Waals surface area (Å²) in [5.41, 5.74) is 3.40. The van der Waals surface area contributed by atoms with Crippen LogP contribution in [0.15, 0.2) is 48.5 Å². The topological polar surface area (TPSA) is 17.8 Å². The molecule has 0 unspecified atom stereocenters. The van der Waals surface area contributed by atoms with Gasteiger partial charge in [-0.25, -0.2) is 9.37 Å². The molecule has 0 aliphatic rings. The summed E-state index contributed by atoms with van der Waals surface area (Å²) < 4.78 is 15.3. The van der Waals surface area contributed by atoms with Crippen LogP contribution in [0.4, 0.5) is 4.39 Å². The molecule has 0 atom stereocenters. The third-order valence-corrected chi connectivity index (χ3v) is 3.68. The first-order valence-electron chi connectivity index (χ1n) is 7.61. The number of halogens is 1. The molecule has 0 saturated heterocycles. The minimum Gasteiger partial charge on any atom is -0.323 e. The Morgan fingerprint density at radius 2 is 1.68 bits per heavy atom. The predicted octanol–water partition coefficient (Wildman–Crippen LogP) is 4.81. The van der Waals surface area contributed by atoms with Crippen LogP contribution in [0.1, 0.15) is 32.2 Å². The Balaban J connectivity index is 2.05. The largest absolute Gasteiger partial charge is 0.323 e. The van der Waals surface area contributed by atoms with Gasteiger partial charge in [0.2, 0.25) is 0 Å². The first-order valence-corrected chi connectivity index (χ1v) is 7.61. The molecule has 22 heavy (non-hydrogen) atoms. The van der Waals surface area contributed by atoms with E-state index in [1.807, 2.05) is 30.3 Å². The molecule has 0 aliphatic heterocycles. The third-order valence-electron chi connectivity index (χ3n) is 3.68. The molecule has 3 rings (SSSR count). The lowest BCUT2D eigenvalue weighted by atomic mass is 9.92. The zero-order valence-corrected chi connectivity index (χ0v) is 13.3. The molecule has 0 aliphatic carbocycles. The molecule has 0 fully saturated rings. The van der Waals surface area contributed by atoms with Gasteiger partial charge in [-0.2, -0.15) is 0 Å². The fourth-order valence-corrected chi connectivity index (χ4v) is 2.68. The molecule has 0 N–H and O–H groups in total. The van der Waals surface area contributed by atoms with E-state index in [0.717, 1.165) is 28.8 Å². The summed E-state index contributed by atoms with van der Waals surface area (Å²) in [5.74, 6) is 0.882. The maximum Gasteiger partial charge on any atom is 0.123 e. The Morgan fingerprint density at radius 3 is 2.36 bits per heavy atom. The monoisotopic (exact) mass is 296 g/mol. The van der Waals surface area contributed by atoms with E-state index in [9.17, 15) is 4.39 Å². The van der Waals surface area contributed by atoms with Crippen molar-refractivity contribution in [3.05, 3.63) is 65.7 Å². The van der Waals surface area contributed by atoms with Gasteiger partial charge in [-0.1, -0.05) is 45.0 Å². The zero-order chi connectivity index (χ0) is 15.7. The first kappa shape index (κ1) is 14.8. The summed E-state index contributed by atoms with van der Waals surface area (Å²) in [6, 6.07) is 14.9. The van der Waals surface area contributed by atoms with Crippen molar-refractivity contribution in [2.45, 2.75) is 33.7 Å². The summed E-state index contributed by atoms with van der Waals surface area (Å²) in [6.07, 6.45) is 0.906. The van der Waals surface area contributed by atoms with E-state index >= 15 is 0 Å². The van der Waals surface area contributed by atoms with E-state index in [-0.39, 0.29) is 11.2 Å². The highest BCUT2D eigenvalue weighted by atomic mass is 19.1. The third kappa shape index (κ3) is 3.19. The van der Waals surface area contributed by atoms with Crippen LogP contribution in [0.5, 0.6) is 0 Å². The Kier molecular flexibility index (Phi) is 3.73. The van der Waals surface area contributed by atoms with Crippen molar-refractivity contribution in [1.29, 1.82) is 0 Å². The number of hydrogen-bond acceptors (Lipinski definition) is 1. The second-order valence-corrected chi connectivity index (χ2v) is 6.97. The van der Waals surface area contributed by atoms with Crippen LogP contribution < -0.4 is 0 Å². The van der Waals surface area contributed by atoms with E-state index < -0.39 is 0 Å². The smallest absolute Gasteiger partial charge is 0.123 e. The van der Waals surface area contributed by atoms with Crippen molar-refractivity contribution in [2.24, 2.45) is 5.41 Å². The van der Waals surface area contributed by atoms with Gasteiger partial charge in [0, 0.05) is 13.0 Å². The number of para-hydroxylation sites is 2. The molecule has 0 saturated carbocycles. The maximum absolute atomic E-state index is 13.1. The van der Waals surface area contributed by atoms with Crippen molar-refractivity contribution in [1.82, 2.24) is 9.55 Å². The van der Waals surface area contributed by atoms with Crippen LogP contribution in [0.2, 0.25) is 0 Å². The van der Waals surface area contributed by atoms with Gasteiger partial charge < -0.3 is 4.57 Å². The number of imidazole rings is 1. The van der Waals surface area contributed by atoms with Gasteiger partial charge in [0.15, 0.2) is 0 Å². The molecule has 3 heteroatoms. The average Bonchev–Trinajstić information content (AvgIpc) is 2.77. The normalized spacial score (nSPS) is 12.0. The maximum atomic E-state index is 13.1. The van der Waals surface area contributed by atoms with Crippen molar-refractivity contribution in [3.63, 3.8) is 0 Å². The molecule has 2 nitrogen and oxygen atoms in total. The molecule has 1 aromatic heterocycles. The van der Waals surface area contributed by atoms with Gasteiger partial charge in [-0.3, -0.25) is 0 Å². The number of benzene rings is 2. The van der Waals surface area contributed by atoms with E-state index in [2.05, 4.69) is 31.4 Å². The van der Waals surface area contributed by atoms with Crippen LogP contribution in [-0.2, 0) is 13.0 Å². The van der Waals surface area contributed by atoms with Gasteiger partial charge in [-0.05, 0) is 35.2 Å². The van der Waals surface area contributed by atoms with E-state index in [4.69, 9.17) is 4.98 Å². The number of aromatic nitrogens is 2. The highest BCUT2D eigenvalue weighted by Gasteiger charge is 2.18. The lowest BCUT2D eigenvalue weighted by Crippen LogP contribution is -2.15. The standard InChI is InChI=1S/C19H21FN2/c1-19(2,3)12-18-21-16-6-4-5-7-17(16)22(18)13-14-8-10-15(20)11-9-14/h4-11H,12-13H2,1-3H3. The van der Waals surface area contributed by atoms with Crippen LogP contribution in [0.3, 0.4) is 0 Å². The SMILES string of the molecule is CC(C)(C)Cc1nc2ccccc2n1Cc1ccc(F)cc1. The number of fused-ring (bicyclic) bond motifs is 1. The molecule has 0 spiro atoms. The van der Waals surface area contributed by atoms with Gasteiger partial charge in [0.05, 0.1) is 11.0 Å². The van der Waals surface area contributed by atoms with Crippen molar-refractivity contribution < 1.29 is 4.39 Å². The summed E-state index contributed by atoms with van der Waals surface area (Å²) in [6.45, 7) is 7.37. The molecule has 0 amide bonds. The van der Waals surface area contributed by atoms with Gasteiger partial charge in [0.25, 0.3) is 0 Å². The van der Waals surface area contributed by atoms with Crippen molar-refractivity contribution in [3.8, 4) is 0 Å². The molecular weight excluding hydrogens is 275 g/mol. The lowest BCUT2D eigenvalue weighted by Gasteiger charge is -2.19. The summed E-state index contributed by atoms with van der Waals surface area (Å²) in [5, 5.41) is 0. The molecule has 1 heterocycles. The molecule has 3 aromatic rings. The van der Waals surface area contributed by atoms with E-state index in [0.29, 0.717) is 6.54 Å². The highest BCUT2D eigenvalue weighted by Crippen LogP contribution is 2.25. The average molecular weight is 296 g/mol. The second kappa shape index (κ2) is 5.56. The van der Waals surface area contributed by atoms with Crippen molar-refractivity contribution in [2.75, 3.05) is 0 Å². The number of rotatable bonds is 3. The van der Waals surface area contributed by atoms with Crippen LogP contribution in [-0.4, -0.2) is 9.55 Å². The van der Waals surface area contributed by atoms with Crippen LogP contribution in [0, 0.1) is 11.2 Å². The fraction of sp³-hybridized carbons (Fsp3) is 0.316. The van der Waals surface area contributed by atoms with Gasteiger partial charge in [-0.15, -0.1) is 0 Å². The predicted molar refractivity (Wildman–Crippen MR) is 88.4 cm³/mol. The second-order valence-electron chi connectivity index (χ2n) is 6.97. The van der Waals surface area contributed by atoms with Crippen LogP contribution in [0.25, 0.3) is 11.0 Å². The Labute approximate surface area is 130 Å². The summed E-state index contributed by atoms with van der Waals surface area (Å²) in [7, 11) is 0. The minimum absolute atomic E-state index is 0.169. The Bertz CT molecular complexity index is 779. The molecule has 0 bridgehead atoms. The molecular formula is C19H21FN2. The van der Waals surface area contributed by atoms with E-state index in [1.165, 1.54) is 12.1 Å². The highest BCUT2D eigenvalue weighted by molar-refractivity contribution is 5.76. The quantitative estimate of drug-likeness (QED) is 0.678. The summed E-state index contributed by atoms with van der Waals surface area (Å²) >= 11 is 0.